The number of hydrogen-bond donors (Lipinski definition) is 2. The van der Waals surface area contributed by atoms with Crippen LogP contribution in [-0.4, -0.2) is 54.0 Å². The van der Waals surface area contributed by atoms with Gasteiger partial charge >= 0.3 is 5.97 Å². The van der Waals surface area contributed by atoms with Gasteiger partial charge in [-0.05, 0) is 0 Å². The van der Waals surface area contributed by atoms with Crippen molar-refractivity contribution in [1.82, 2.24) is 0 Å². The summed E-state index contributed by atoms with van der Waals surface area (Å²) in [5.41, 5.74) is 0. The van der Waals surface area contributed by atoms with Crippen LogP contribution < -0.4 is 0 Å². The number of rotatable bonds is 1. The minimum atomic E-state index is -1.32. The fraction of sp³-hybridized carbons (Fsp3) is 0.857. The number of aliphatic hydroxyl groups excluding tert-OH is 2. The molecule has 2 aliphatic rings. The number of carbonyl (C=O) groups is 1. The number of aliphatic hydroxyl groups is 2. The lowest BCUT2D eigenvalue weighted by molar-refractivity contribution is -0.177. The topological polar surface area (TPSA) is 85.2 Å². The highest BCUT2D eigenvalue weighted by atomic mass is 16.7. The zero-order valence-corrected chi connectivity index (χ0v) is 6.91. The molecule has 0 saturated carbocycles. The van der Waals surface area contributed by atoms with Crippen LogP contribution in [0, 0.1) is 0 Å². The fourth-order valence-electron chi connectivity index (χ4n) is 1.59. The summed E-state index contributed by atoms with van der Waals surface area (Å²) < 4.78 is 14.5. The van der Waals surface area contributed by atoms with E-state index in [0.29, 0.717) is 0 Å². The first-order valence-electron chi connectivity index (χ1n) is 3.90. The van der Waals surface area contributed by atoms with Crippen LogP contribution in [0.1, 0.15) is 0 Å². The van der Waals surface area contributed by atoms with Crippen molar-refractivity contribution in [2.24, 2.45) is 0 Å². The lowest BCUT2D eigenvalue weighted by atomic mass is 10.1. The average Bonchev–Trinajstić information content (AvgIpc) is 2.56. The van der Waals surface area contributed by atoms with E-state index in [-0.39, 0.29) is 0 Å². The lowest BCUT2D eigenvalue weighted by Gasteiger charge is -2.14. The Hall–Kier alpha value is -0.690. The van der Waals surface area contributed by atoms with Crippen molar-refractivity contribution in [2.45, 2.75) is 30.7 Å². The van der Waals surface area contributed by atoms with E-state index in [1.165, 1.54) is 7.11 Å². The molecular formula is C7H10O6. The molecule has 0 spiro atoms. The minimum absolute atomic E-state index is 0.761. The molecule has 0 bridgehead atoms. The van der Waals surface area contributed by atoms with Crippen molar-refractivity contribution < 1.29 is 29.2 Å². The second kappa shape index (κ2) is 2.91. The third-order valence-electron chi connectivity index (χ3n) is 2.27. The summed E-state index contributed by atoms with van der Waals surface area (Å²) in [4.78, 5) is 10.8. The SMILES string of the molecule is COC1OC2C(O)C(=O)OC2C1O. The van der Waals surface area contributed by atoms with E-state index in [4.69, 9.17) is 14.2 Å². The van der Waals surface area contributed by atoms with Gasteiger partial charge in [0.1, 0.15) is 12.2 Å². The van der Waals surface area contributed by atoms with Gasteiger partial charge in [-0.1, -0.05) is 0 Å². The van der Waals surface area contributed by atoms with Gasteiger partial charge in [0, 0.05) is 7.11 Å². The molecule has 74 valence electrons. The van der Waals surface area contributed by atoms with Crippen LogP contribution in [0.4, 0.5) is 0 Å². The Morgan fingerprint density at radius 1 is 1.38 bits per heavy atom. The number of fused-ring (bicyclic) bond motifs is 1. The zero-order valence-electron chi connectivity index (χ0n) is 6.91. The molecular weight excluding hydrogens is 180 g/mol. The summed E-state index contributed by atoms with van der Waals surface area (Å²) in [6, 6.07) is 0. The van der Waals surface area contributed by atoms with Crippen molar-refractivity contribution in [3.8, 4) is 0 Å². The van der Waals surface area contributed by atoms with E-state index in [9.17, 15) is 15.0 Å². The highest BCUT2D eigenvalue weighted by molar-refractivity contribution is 5.78. The summed E-state index contributed by atoms with van der Waals surface area (Å²) >= 11 is 0. The second-order valence-electron chi connectivity index (χ2n) is 3.04. The molecule has 5 atom stereocenters. The van der Waals surface area contributed by atoms with E-state index in [2.05, 4.69) is 0 Å². The van der Waals surface area contributed by atoms with Crippen molar-refractivity contribution >= 4 is 5.97 Å². The maximum absolute atomic E-state index is 10.8. The van der Waals surface area contributed by atoms with Gasteiger partial charge in [0.15, 0.2) is 18.5 Å². The summed E-state index contributed by atoms with van der Waals surface area (Å²) in [7, 11) is 1.36. The van der Waals surface area contributed by atoms with E-state index in [1.54, 1.807) is 0 Å². The van der Waals surface area contributed by atoms with Gasteiger partial charge in [0.25, 0.3) is 0 Å². The Labute approximate surface area is 74.0 Å². The molecule has 5 unspecified atom stereocenters. The normalized spacial score (nSPS) is 49.2. The van der Waals surface area contributed by atoms with Crippen molar-refractivity contribution in [2.75, 3.05) is 7.11 Å². The first-order valence-corrected chi connectivity index (χ1v) is 3.90. The molecule has 2 saturated heterocycles. The third-order valence-corrected chi connectivity index (χ3v) is 2.27. The van der Waals surface area contributed by atoms with Crippen molar-refractivity contribution in [3.05, 3.63) is 0 Å². The zero-order chi connectivity index (χ0) is 9.59. The van der Waals surface area contributed by atoms with Gasteiger partial charge in [-0.25, -0.2) is 4.79 Å². The molecule has 2 fully saturated rings. The molecule has 13 heavy (non-hydrogen) atoms. The molecule has 0 amide bonds. The van der Waals surface area contributed by atoms with Gasteiger partial charge in [-0.2, -0.15) is 0 Å². The van der Waals surface area contributed by atoms with Gasteiger partial charge in [0.05, 0.1) is 0 Å². The Kier molecular flexibility index (Phi) is 1.99. The lowest BCUT2D eigenvalue weighted by Crippen LogP contribution is -2.32. The average molecular weight is 190 g/mol. The molecule has 2 rings (SSSR count). The van der Waals surface area contributed by atoms with Crippen molar-refractivity contribution in [3.63, 3.8) is 0 Å². The standard InChI is InChI=1S/C7H10O6/c1-11-7-3(9)5-4(13-7)2(8)6(10)12-5/h2-5,7-9H,1H3. The van der Waals surface area contributed by atoms with Crippen LogP contribution in [0.5, 0.6) is 0 Å². The maximum Gasteiger partial charge on any atom is 0.338 e. The van der Waals surface area contributed by atoms with Crippen LogP contribution in [0.15, 0.2) is 0 Å². The maximum atomic E-state index is 10.8. The Balaban J connectivity index is 2.14. The highest BCUT2D eigenvalue weighted by Crippen LogP contribution is 2.31. The Morgan fingerprint density at radius 3 is 2.62 bits per heavy atom. The van der Waals surface area contributed by atoms with Crippen LogP contribution in [-0.2, 0) is 19.0 Å². The molecule has 0 aromatic heterocycles. The van der Waals surface area contributed by atoms with E-state index in [1.807, 2.05) is 0 Å². The Morgan fingerprint density at radius 2 is 2.08 bits per heavy atom. The van der Waals surface area contributed by atoms with Crippen LogP contribution in [0.25, 0.3) is 0 Å². The largest absolute Gasteiger partial charge is 0.454 e. The first kappa shape index (κ1) is 8.89. The van der Waals surface area contributed by atoms with Crippen LogP contribution >= 0.6 is 0 Å². The molecule has 6 nitrogen and oxygen atoms in total. The smallest absolute Gasteiger partial charge is 0.338 e. The summed E-state index contributed by atoms with van der Waals surface area (Å²) in [5, 5.41) is 18.7. The Bertz CT molecular complexity index is 229. The van der Waals surface area contributed by atoms with Gasteiger partial charge in [0.2, 0.25) is 0 Å². The van der Waals surface area contributed by atoms with E-state index < -0.39 is 36.7 Å². The summed E-state index contributed by atoms with van der Waals surface area (Å²) in [6.07, 6.45) is -4.81. The van der Waals surface area contributed by atoms with Gasteiger partial charge < -0.3 is 24.4 Å². The fourth-order valence-corrected chi connectivity index (χ4v) is 1.59. The number of esters is 1. The first-order chi connectivity index (χ1) is 6.15. The predicted molar refractivity (Wildman–Crippen MR) is 37.6 cm³/mol. The molecule has 6 heteroatoms. The number of methoxy groups -OCH3 is 1. The molecule has 2 heterocycles. The van der Waals surface area contributed by atoms with E-state index in [0.717, 1.165) is 0 Å². The molecule has 2 N–H and O–H groups in total. The number of hydrogen-bond acceptors (Lipinski definition) is 6. The monoisotopic (exact) mass is 190 g/mol. The molecule has 2 aliphatic heterocycles. The van der Waals surface area contributed by atoms with E-state index >= 15 is 0 Å². The predicted octanol–water partition coefficient (Wildman–Crippen LogP) is -2.00. The van der Waals surface area contributed by atoms with Gasteiger partial charge in [-0.3, -0.25) is 0 Å². The second-order valence-corrected chi connectivity index (χ2v) is 3.04. The molecule has 0 aliphatic carbocycles. The molecule has 0 aromatic rings. The van der Waals surface area contributed by atoms with Crippen molar-refractivity contribution in [1.29, 1.82) is 0 Å². The highest BCUT2D eigenvalue weighted by Gasteiger charge is 2.56. The molecule has 0 radical (unpaired) electrons. The third kappa shape index (κ3) is 1.14. The number of carbonyl (C=O) groups excluding carboxylic acids is 1. The van der Waals surface area contributed by atoms with Crippen LogP contribution in [0.3, 0.4) is 0 Å². The minimum Gasteiger partial charge on any atom is -0.454 e. The quantitative estimate of drug-likeness (QED) is 0.465. The van der Waals surface area contributed by atoms with Crippen LogP contribution in [0.2, 0.25) is 0 Å². The number of ether oxygens (including phenoxy) is 3. The molecule has 0 aromatic carbocycles. The summed E-state index contributed by atoms with van der Waals surface area (Å²) in [5.74, 6) is -0.761. The van der Waals surface area contributed by atoms with Gasteiger partial charge in [-0.15, -0.1) is 0 Å². The summed E-state index contributed by atoms with van der Waals surface area (Å²) in [6.45, 7) is 0.